The summed E-state index contributed by atoms with van der Waals surface area (Å²) in [4.78, 5) is 6.82. The van der Waals surface area contributed by atoms with Gasteiger partial charge in [0.1, 0.15) is 5.82 Å². The Labute approximate surface area is 108 Å². The van der Waals surface area contributed by atoms with Crippen molar-refractivity contribution in [2.45, 2.75) is 6.42 Å². The summed E-state index contributed by atoms with van der Waals surface area (Å²) in [5.41, 5.74) is 7.52. The van der Waals surface area contributed by atoms with Crippen molar-refractivity contribution in [3.05, 3.63) is 30.3 Å². The lowest BCUT2D eigenvalue weighted by Gasteiger charge is -2.18. The molecule has 0 amide bonds. The van der Waals surface area contributed by atoms with Crippen LogP contribution < -0.4 is 16.0 Å². The number of fused-ring (bicyclic) bond motifs is 1. The summed E-state index contributed by atoms with van der Waals surface area (Å²) in [6.45, 7) is 2.02. The van der Waals surface area contributed by atoms with Crippen LogP contribution in [-0.2, 0) is 0 Å². The molecule has 0 saturated carbocycles. The van der Waals surface area contributed by atoms with Gasteiger partial charge in [-0.15, -0.1) is 0 Å². The molecule has 1 heterocycles. The molecule has 0 aliphatic heterocycles. The highest BCUT2D eigenvalue weighted by Gasteiger charge is 2.03. The molecule has 3 N–H and O–H groups in total. The zero-order valence-corrected chi connectivity index (χ0v) is 11.0. The van der Waals surface area contributed by atoms with E-state index in [1.165, 1.54) is 0 Å². The zero-order valence-electron chi connectivity index (χ0n) is 11.0. The minimum Gasteiger partial charge on any atom is -0.399 e. The van der Waals surface area contributed by atoms with E-state index in [0.717, 1.165) is 41.9 Å². The Kier molecular flexibility index (Phi) is 3.99. The molecule has 4 nitrogen and oxygen atoms in total. The summed E-state index contributed by atoms with van der Waals surface area (Å²) in [7, 11) is 4.04. The Morgan fingerprint density at radius 3 is 2.89 bits per heavy atom. The summed E-state index contributed by atoms with van der Waals surface area (Å²) >= 11 is 0. The molecule has 0 fully saturated rings. The van der Waals surface area contributed by atoms with Gasteiger partial charge in [0.2, 0.25) is 0 Å². The number of anilines is 2. The molecule has 0 saturated heterocycles. The minimum atomic E-state index is 0.777. The minimum absolute atomic E-state index is 0.777. The second-order valence-electron chi connectivity index (χ2n) is 4.50. The number of nitrogens with two attached hydrogens (primary N) is 1. The summed E-state index contributed by atoms with van der Waals surface area (Å²) < 4.78 is 0. The third kappa shape index (κ3) is 2.90. The number of hydrogen-bond donors (Lipinski definition) is 2. The predicted octanol–water partition coefficient (Wildman–Crippen LogP) is 1.86. The maximum absolute atomic E-state index is 5.76. The third-order valence-electron chi connectivity index (χ3n) is 3.01. The average molecular weight is 244 g/mol. The molecule has 2 rings (SSSR count). The molecule has 0 atom stereocenters. The van der Waals surface area contributed by atoms with Crippen LogP contribution in [-0.4, -0.2) is 32.2 Å². The number of nitrogen functional groups attached to an aromatic ring is 1. The second kappa shape index (κ2) is 5.69. The van der Waals surface area contributed by atoms with Crippen molar-refractivity contribution in [2.24, 2.45) is 0 Å². The molecule has 0 aliphatic rings. The smallest absolute Gasteiger partial charge is 0.128 e. The fraction of sp³-hybridized carbons (Fsp3) is 0.357. The van der Waals surface area contributed by atoms with Gasteiger partial charge in [0.05, 0.1) is 5.52 Å². The molecular formula is C14H20N4. The van der Waals surface area contributed by atoms with Gasteiger partial charge in [0, 0.05) is 24.7 Å². The number of aromatic nitrogens is 1. The Bertz CT molecular complexity index is 524. The maximum atomic E-state index is 5.76. The van der Waals surface area contributed by atoms with Gasteiger partial charge in [-0.1, -0.05) is 0 Å². The van der Waals surface area contributed by atoms with E-state index >= 15 is 0 Å². The zero-order chi connectivity index (χ0) is 13.0. The largest absolute Gasteiger partial charge is 0.399 e. The first-order valence-electron chi connectivity index (χ1n) is 6.23. The number of rotatable bonds is 5. The molecule has 0 aliphatic carbocycles. The number of benzene rings is 1. The fourth-order valence-electron chi connectivity index (χ4n) is 1.95. The van der Waals surface area contributed by atoms with Gasteiger partial charge < -0.3 is 16.0 Å². The second-order valence-corrected chi connectivity index (χ2v) is 4.50. The highest BCUT2D eigenvalue weighted by Crippen LogP contribution is 2.19. The molecule has 1 aromatic carbocycles. The molecular weight excluding hydrogens is 224 g/mol. The van der Waals surface area contributed by atoms with E-state index in [-0.39, 0.29) is 0 Å². The molecule has 0 unspecified atom stereocenters. The lowest BCUT2D eigenvalue weighted by molar-refractivity contribution is 0.710. The van der Waals surface area contributed by atoms with E-state index in [4.69, 9.17) is 5.73 Å². The molecule has 4 heteroatoms. The first kappa shape index (κ1) is 12.6. The Morgan fingerprint density at radius 1 is 1.28 bits per heavy atom. The Hall–Kier alpha value is -1.81. The number of nitrogens with zero attached hydrogens (tertiary/aromatic N) is 2. The lowest BCUT2D eigenvalue weighted by Crippen LogP contribution is -2.22. The summed E-state index contributed by atoms with van der Waals surface area (Å²) in [6.07, 6.45) is 1.11. The number of nitrogens with one attached hydrogen (secondary N) is 1. The number of pyridine rings is 1. The van der Waals surface area contributed by atoms with Gasteiger partial charge in [-0.3, -0.25) is 0 Å². The summed E-state index contributed by atoms with van der Waals surface area (Å²) in [6, 6.07) is 9.92. The van der Waals surface area contributed by atoms with Crippen LogP contribution in [0.15, 0.2) is 30.3 Å². The van der Waals surface area contributed by atoms with Gasteiger partial charge in [0.15, 0.2) is 0 Å². The summed E-state index contributed by atoms with van der Waals surface area (Å²) in [5.74, 6) is 1.00. The van der Waals surface area contributed by atoms with E-state index < -0.39 is 0 Å². The van der Waals surface area contributed by atoms with Gasteiger partial charge in [-0.2, -0.15) is 0 Å². The molecule has 18 heavy (non-hydrogen) atoms. The van der Waals surface area contributed by atoms with Gasteiger partial charge in [-0.25, -0.2) is 4.98 Å². The molecule has 2 aromatic rings. The van der Waals surface area contributed by atoms with E-state index in [2.05, 4.69) is 28.3 Å². The maximum Gasteiger partial charge on any atom is 0.128 e. The van der Waals surface area contributed by atoms with Crippen LogP contribution in [0.3, 0.4) is 0 Å². The van der Waals surface area contributed by atoms with Gasteiger partial charge in [-0.05, 0) is 50.3 Å². The number of hydrogen-bond acceptors (Lipinski definition) is 4. The van der Waals surface area contributed by atoms with Crippen molar-refractivity contribution in [2.75, 3.05) is 37.8 Å². The third-order valence-corrected chi connectivity index (χ3v) is 3.01. The average Bonchev–Trinajstić information content (AvgIpc) is 2.38. The standard InChI is InChI=1S/C14H20N4/c1-16-8-3-9-18(2)14-7-4-11-10-12(15)5-6-13(11)17-14/h4-7,10,16H,3,8-9,15H2,1-2H3. The van der Waals surface area contributed by atoms with Crippen molar-refractivity contribution in [1.29, 1.82) is 0 Å². The quantitative estimate of drug-likeness (QED) is 0.622. The first-order valence-corrected chi connectivity index (χ1v) is 6.23. The van der Waals surface area contributed by atoms with E-state index in [0.29, 0.717) is 0 Å². The SMILES string of the molecule is CNCCCN(C)c1ccc2cc(N)ccc2n1. The van der Waals surface area contributed by atoms with Crippen LogP contribution in [0.5, 0.6) is 0 Å². The van der Waals surface area contributed by atoms with Crippen molar-refractivity contribution in [1.82, 2.24) is 10.3 Å². The van der Waals surface area contributed by atoms with Crippen LogP contribution in [0.2, 0.25) is 0 Å². The van der Waals surface area contributed by atoms with Crippen molar-refractivity contribution >= 4 is 22.4 Å². The van der Waals surface area contributed by atoms with Crippen LogP contribution in [0.25, 0.3) is 10.9 Å². The highest BCUT2D eigenvalue weighted by atomic mass is 15.2. The van der Waals surface area contributed by atoms with Crippen LogP contribution >= 0.6 is 0 Å². The van der Waals surface area contributed by atoms with Crippen LogP contribution in [0.4, 0.5) is 11.5 Å². The Balaban J connectivity index is 2.16. The topological polar surface area (TPSA) is 54.2 Å². The molecule has 0 spiro atoms. The first-order chi connectivity index (χ1) is 8.70. The van der Waals surface area contributed by atoms with Crippen LogP contribution in [0, 0.1) is 0 Å². The van der Waals surface area contributed by atoms with Gasteiger partial charge >= 0.3 is 0 Å². The molecule has 0 bridgehead atoms. The molecule has 1 aromatic heterocycles. The summed E-state index contributed by atoms with van der Waals surface area (Å²) in [5, 5.41) is 4.23. The predicted molar refractivity (Wildman–Crippen MR) is 78.0 cm³/mol. The Morgan fingerprint density at radius 2 is 2.11 bits per heavy atom. The van der Waals surface area contributed by atoms with Gasteiger partial charge in [0.25, 0.3) is 0 Å². The van der Waals surface area contributed by atoms with E-state index in [1.807, 2.05) is 31.3 Å². The van der Waals surface area contributed by atoms with Crippen molar-refractivity contribution < 1.29 is 0 Å². The van der Waals surface area contributed by atoms with E-state index in [1.54, 1.807) is 0 Å². The van der Waals surface area contributed by atoms with E-state index in [9.17, 15) is 0 Å². The van der Waals surface area contributed by atoms with Crippen molar-refractivity contribution in [3.8, 4) is 0 Å². The highest BCUT2D eigenvalue weighted by molar-refractivity contribution is 5.83. The normalized spacial score (nSPS) is 10.8. The molecule has 96 valence electrons. The lowest BCUT2D eigenvalue weighted by atomic mass is 10.2. The fourth-order valence-corrected chi connectivity index (χ4v) is 1.95. The van der Waals surface area contributed by atoms with Crippen LogP contribution in [0.1, 0.15) is 6.42 Å². The van der Waals surface area contributed by atoms with Crippen molar-refractivity contribution in [3.63, 3.8) is 0 Å². The monoisotopic (exact) mass is 244 g/mol. The molecule has 0 radical (unpaired) electrons.